The number of nitrogens with zero attached hydrogens (tertiary/aromatic N) is 6. The fourth-order valence-electron chi connectivity index (χ4n) is 4.49. The highest BCUT2D eigenvalue weighted by Gasteiger charge is 2.29. The molecule has 36 heavy (non-hydrogen) atoms. The van der Waals surface area contributed by atoms with Gasteiger partial charge in [0, 0.05) is 67.3 Å². The number of nitrogens with two attached hydrogens (primary N) is 2. The molecule has 0 radical (unpaired) electrons. The predicted octanol–water partition coefficient (Wildman–Crippen LogP) is 1.89. The van der Waals surface area contributed by atoms with E-state index in [0.29, 0.717) is 31.7 Å². The second kappa shape index (κ2) is 9.46. The molecule has 2 aromatic heterocycles. The van der Waals surface area contributed by atoms with Crippen LogP contribution in [-0.2, 0) is 4.79 Å². The summed E-state index contributed by atoms with van der Waals surface area (Å²) in [6.45, 7) is 7.24. The summed E-state index contributed by atoms with van der Waals surface area (Å²) in [4.78, 5) is 38.3. The summed E-state index contributed by atoms with van der Waals surface area (Å²) in [6, 6.07) is 9.80. The number of rotatable bonds is 6. The molecular formula is C26H30N8O2. The Hall–Kier alpha value is -4.18. The van der Waals surface area contributed by atoms with Crippen LogP contribution in [0.1, 0.15) is 28.8 Å². The molecule has 4 N–H and O–H groups in total. The lowest BCUT2D eigenvalue weighted by Crippen LogP contribution is -2.51. The maximum atomic E-state index is 13.3. The van der Waals surface area contributed by atoms with Crippen LogP contribution in [0.3, 0.4) is 0 Å². The van der Waals surface area contributed by atoms with Gasteiger partial charge in [-0.1, -0.05) is 6.07 Å². The van der Waals surface area contributed by atoms with Gasteiger partial charge in [-0.05, 0) is 56.3 Å². The first-order valence-corrected chi connectivity index (χ1v) is 12.0. The highest BCUT2D eigenvalue weighted by Crippen LogP contribution is 2.27. The number of hydrazine groups is 1. The molecule has 1 saturated heterocycles. The second-order valence-corrected chi connectivity index (χ2v) is 9.34. The van der Waals surface area contributed by atoms with E-state index >= 15 is 0 Å². The van der Waals surface area contributed by atoms with Crippen LogP contribution in [0.4, 0.5) is 0 Å². The zero-order valence-electron chi connectivity index (χ0n) is 20.3. The summed E-state index contributed by atoms with van der Waals surface area (Å²) in [5, 5.41) is 2.53. The predicted molar refractivity (Wildman–Crippen MR) is 139 cm³/mol. The average molecular weight is 487 g/mol. The summed E-state index contributed by atoms with van der Waals surface area (Å²) in [5.74, 6) is 11.5. The molecule has 0 spiro atoms. The largest absolute Gasteiger partial charge is 0.340 e. The molecule has 5 rings (SSSR count). The Morgan fingerprint density at radius 3 is 2.50 bits per heavy atom. The van der Waals surface area contributed by atoms with Crippen LogP contribution >= 0.6 is 0 Å². The Labute approximate surface area is 209 Å². The minimum Gasteiger partial charge on any atom is -0.340 e. The molecule has 3 aromatic rings. The number of nitrogen functional groups attached to an aromatic ring is 1. The van der Waals surface area contributed by atoms with Gasteiger partial charge in [0.25, 0.3) is 11.8 Å². The molecule has 10 nitrogen and oxygen atoms in total. The Bertz CT molecular complexity index is 1370. The number of hydrogen-bond acceptors (Lipinski definition) is 7. The van der Waals surface area contributed by atoms with E-state index in [1.807, 2.05) is 43.5 Å². The highest BCUT2D eigenvalue weighted by atomic mass is 16.2. The number of benzene rings is 1. The third-order valence-corrected chi connectivity index (χ3v) is 6.76. The summed E-state index contributed by atoms with van der Waals surface area (Å²) in [5.41, 5.74) is 4.34. The Morgan fingerprint density at radius 1 is 1.14 bits per heavy atom. The molecule has 0 bridgehead atoms. The molecule has 0 atom stereocenters. The summed E-state index contributed by atoms with van der Waals surface area (Å²) in [7, 11) is 0. The Balaban J connectivity index is 1.29. The first kappa shape index (κ1) is 23.6. The van der Waals surface area contributed by atoms with Crippen LogP contribution < -0.4 is 11.7 Å². The first-order valence-electron chi connectivity index (χ1n) is 12.0. The van der Waals surface area contributed by atoms with Crippen molar-refractivity contribution in [2.45, 2.75) is 25.8 Å². The van der Waals surface area contributed by atoms with E-state index < -0.39 is 0 Å². The van der Waals surface area contributed by atoms with Crippen LogP contribution in [0.5, 0.6) is 0 Å². The summed E-state index contributed by atoms with van der Waals surface area (Å²) >= 11 is 0. The number of hydrogen-bond donors (Lipinski definition) is 2. The van der Waals surface area contributed by atoms with Gasteiger partial charge in [0.1, 0.15) is 5.70 Å². The van der Waals surface area contributed by atoms with E-state index in [4.69, 9.17) is 16.7 Å². The fraction of sp³-hybridized carbons (Fsp3) is 0.308. The van der Waals surface area contributed by atoms with Crippen molar-refractivity contribution in [2.75, 3.05) is 32.0 Å². The van der Waals surface area contributed by atoms with E-state index in [0.717, 1.165) is 40.6 Å². The van der Waals surface area contributed by atoms with Crippen molar-refractivity contribution in [2.24, 2.45) is 10.8 Å². The van der Waals surface area contributed by atoms with Crippen LogP contribution in [0.15, 0.2) is 59.6 Å². The van der Waals surface area contributed by atoms with Crippen molar-refractivity contribution in [1.29, 1.82) is 0 Å². The van der Waals surface area contributed by atoms with Gasteiger partial charge < -0.3 is 20.7 Å². The van der Waals surface area contributed by atoms with Gasteiger partial charge >= 0.3 is 0 Å². The van der Waals surface area contributed by atoms with Crippen molar-refractivity contribution in [3.05, 3.63) is 65.7 Å². The lowest BCUT2D eigenvalue weighted by Gasteiger charge is -2.35. The van der Waals surface area contributed by atoms with Gasteiger partial charge in [0.15, 0.2) is 0 Å². The van der Waals surface area contributed by atoms with Gasteiger partial charge in [0.2, 0.25) is 0 Å². The Kier molecular flexibility index (Phi) is 6.19. The Morgan fingerprint density at radius 2 is 1.86 bits per heavy atom. The van der Waals surface area contributed by atoms with Gasteiger partial charge in [-0.15, -0.1) is 0 Å². The molecule has 1 aliphatic carbocycles. The first-order chi connectivity index (χ1) is 17.3. The summed E-state index contributed by atoms with van der Waals surface area (Å²) in [6.07, 6.45) is 7.16. The zero-order valence-corrected chi connectivity index (χ0v) is 20.3. The molecule has 1 saturated carbocycles. The number of piperazine rings is 1. The molecule has 3 heterocycles. The van der Waals surface area contributed by atoms with Crippen LogP contribution in [-0.4, -0.2) is 75.2 Å². The molecule has 2 fully saturated rings. The van der Waals surface area contributed by atoms with Gasteiger partial charge in [-0.25, -0.2) is 10.8 Å². The van der Waals surface area contributed by atoms with Gasteiger partial charge in [-0.2, -0.15) is 0 Å². The fourth-order valence-corrected chi connectivity index (χ4v) is 4.49. The molecule has 2 amide bonds. The normalized spacial score (nSPS) is 16.3. The number of aromatic nitrogens is 2. The van der Waals surface area contributed by atoms with E-state index in [9.17, 15) is 9.59 Å². The third kappa shape index (κ3) is 4.67. The number of carbonyl (C=O) groups is 2. The highest BCUT2D eigenvalue weighted by molar-refractivity contribution is 5.99. The monoisotopic (exact) mass is 486 g/mol. The topological polar surface area (TPSA) is 126 Å². The van der Waals surface area contributed by atoms with Crippen molar-refractivity contribution in [3.63, 3.8) is 0 Å². The average Bonchev–Trinajstić information content (AvgIpc) is 3.66. The van der Waals surface area contributed by atoms with Gasteiger partial charge in [-0.3, -0.25) is 19.3 Å². The smallest absolute Gasteiger partial charge is 0.274 e. The third-order valence-electron chi connectivity index (χ3n) is 6.76. The number of aryl methyl sites for hydroxylation is 1. The summed E-state index contributed by atoms with van der Waals surface area (Å²) < 4.78 is 1.49. The van der Waals surface area contributed by atoms with E-state index in [-0.39, 0.29) is 23.6 Å². The minimum atomic E-state index is -0.225. The number of pyridine rings is 1. The van der Waals surface area contributed by atoms with E-state index in [1.54, 1.807) is 22.2 Å². The van der Waals surface area contributed by atoms with Crippen LogP contribution in [0, 0.1) is 6.92 Å². The lowest BCUT2D eigenvalue weighted by atomic mass is 10.0. The lowest BCUT2D eigenvalue weighted by molar-refractivity contribution is -0.128. The van der Waals surface area contributed by atoms with Crippen LogP contribution in [0.25, 0.3) is 22.2 Å². The van der Waals surface area contributed by atoms with Crippen molar-refractivity contribution in [1.82, 2.24) is 24.5 Å². The number of aliphatic imine (C=N–C) groups is 1. The second-order valence-electron chi connectivity index (χ2n) is 9.34. The zero-order chi connectivity index (χ0) is 25.4. The molecule has 0 unspecified atom stereocenters. The molecule has 10 heteroatoms. The molecule has 1 aliphatic heterocycles. The molecule has 186 valence electrons. The quantitative estimate of drug-likeness (QED) is 0.237. The minimum absolute atomic E-state index is 0.0820. The van der Waals surface area contributed by atoms with Crippen molar-refractivity contribution in [3.8, 4) is 11.3 Å². The number of amides is 2. The van der Waals surface area contributed by atoms with Crippen molar-refractivity contribution >= 4 is 29.4 Å². The van der Waals surface area contributed by atoms with Gasteiger partial charge in [0.05, 0.1) is 11.2 Å². The van der Waals surface area contributed by atoms with E-state index in [1.165, 1.54) is 9.69 Å². The van der Waals surface area contributed by atoms with E-state index in [2.05, 4.69) is 11.7 Å². The van der Waals surface area contributed by atoms with Crippen LogP contribution in [0.2, 0.25) is 0 Å². The maximum absolute atomic E-state index is 13.3. The standard InChI is InChI=1S/C26H30N8O2/c1-17-13-22(19-7-8-33(27)15-19)30-23-14-18(3-6-21(17)23)25(35)31-9-11-32(12-10-31)26(36)24(29-2)16-34(28)20-4-5-20/h3,6-8,13-16,20H,2,4-5,9-12,27-28H2,1H3/b24-16-. The number of fused-ring (bicyclic) bond motifs is 1. The number of carbonyl (C=O) groups excluding carboxylic acids is 2. The maximum Gasteiger partial charge on any atom is 0.274 e. The SMILES string of the molecule is C=N/C(=C\N(N)C1CC1)C(=O)N1CCN(C(=O)c2ccc3c(C)cc(-c4ccn(N)c4)nc3c2)CC1. The molecular weight excluding hydrogens is 456 g/mol. The molecule has 1 aromatic carbocycles. The molecule has 2 aliphatic rings. The van der Waals surface area contributed by atoms with Crippen molar-refractivity contribution < 1.29 is 9.59 Å².